The van der Waals surface area contributed by atoms with E-state index in [9.17, 15) is 9.59 Å². The molecule has 0 aromatic heterocycles. The SMILES string of the molecule is C=CC(=O)N[C@@H]1CN(C(=O)OC(C)(C)C)C[C@@H]1C. The van der Waals surface area contributed by atoms with Crippen molar-refractivity contribution in [3.05, 3.63) is 12.7 Å². The van der Waals surface area contributed by atoms with Crippen molar-refractivity contribution in [2.45, 2.75) is 39.3 Å². The molecule has 0 aromatic carbocycles. The zero-order valence-corrected chi connectivity index (χ0v) is 11.5. The molecule has 5 heteroatoms. The second-order valence-corrected chi connectivity index (χ2v) is 5.68. The van der Waals surface area contributed by atoms with E-state index in [-0.39, 0.29) is 24.0 Å². The van der Waals surface area contributed by atoms with E-state index in [0.29, 0.717) is 13.1 Å². The predicted octanol–water partition coefficient (Wildman–Crippen LogP) is 1.54. The number of nitrogens with one attached hydrogen (secondary N) is 1. The molecule has 2 amide bonds. The summed E-state index contributed by atoms with van der Waals surface area (Å²) in [6.07, 6.45) is 0.910. The van der Waals surface area contributed by atoms with Gasteiger partial charge >= 0.3 is 6.09 Å². The highest BCUT2D eigenvalue weighted by molar-refractivity contribution is 5.87. The zero-order valence-electron chi connectivity index (χ0n) is 11.5. The number of ether oxygens (including phenoxy) is 1. The first kappa shape index (κ1) is 14.5. The maximum atomic E-state index is 11.9. The minimum atomic E-state index is -0.497. The molecule has 2 atom stereocenters. The van der Waals surface area contributed by atoms with Gasteiger partial charge in [-0.2, -0.15) is 0 Å². The Hall–Kier alpha value is -1.52. The minimum Gasteiger partial charge on any atom is -0.444 e. The van der Waals surface area contributed by atoms with Crippen molar-refractivity contribution in [3.63, 3.8) is 0 Å². The van der Waals surface area contributed by atoms with Crippen LogP contribution in [-0.2, 0) is 9.53 Å². The van der Waals surface area contributed by atoms with Crippen molar-refractivity contribution in [3.8, 4) is 0 Å². The molecule has 18 heavy (non-hydrogen) atoms. The smallest absolute Gasteiger partial charge is 0.410 e. The van der Waals surface area contributed by atoms with Gasteiger partial charge in [-0.3, -0.25) is 4.79 Å². The van der Waals surface area contributed by atoms with Crippen LogP contribution in [0.15, 0.2) is 12.7 Å². The molecule has 1 saturated heterocycles. The quantitative estimate of drug-likeness (QED) is 0.760. The topological polar surface area (TPSA) is 58.6 Å². The van der Waals surface area contributed by atoms with Crippen molar-refractivity contribution >= 4 is 12.0 Å². The fraction of sp³-hybridized carbons (Fsp3) is 0.692. The standard InChI is InChI=1S/C13H22N2O3/c1-6-11(16)14-10-8-15(7-9(10)2)12(17)18-13(3,4)5/h6,9-10H,1,7-8H2,2-5H3,(H,14,16)/t9-,10+/m0/s1. The summed E-state index contributed by atoms with van der Waals surface area (Å²) in [6, 6.07) is -0.0389. The molecule has 1 aliphatic rings. The van der Waals surface area contributed by atoms with Gasteiger partial charge < -0.3 is 15.0 Å². The Balaban J connectivity index is 2.55. The lowest BCUT2D eigenvalue weighted by Crippen LogP contribution is -2.40. The Morgan fingerprint density at radius 2 is 2.00 bits per heavy atom. The Bertz CT molecular complexity index is 347. The molecular weight excluding hydrogens is 232 g/mol. The lowest BCUT2D eigenvalue weighted by Gasteiger charge is -2.24. The van der Waals surface area contributed by atoms with Crippen molar-refractivity contribution < 1.29 is 14.3 Å². The van der Waals surface area contributed by atoms with Crippen LogP contribution in [0.1, 0.15) is 27.7 Å². The number of amides is 2. The van der Waals surface area contributed by atoms with Gasteiger partial charge in [0.15, 0.2) is 0 Å². The average molecular weight is 254 g/mol. The number of hydrogen-bond acceptors (Lipinski definition) is 3. The van der Waals surface area contributed by atoms with Crippen molar-refractivity contribution in [1.82, 2.24) is 10.2 Å². The average Bonchev–Trinajstić information content (AvgIpc) is 2.58. The summed E-state index contributed by atoms with van der Waals surface area (Å²) >= 11 is 0. The molecule has 1 rings (SSSR count). The summed E-state index contributed by atoms with van der Waals surface area (Å²) < 4.78 is 5.30. The summed E-state index contributed by atoms with van der Waals surface area (Å²) in [4.78, 5) is 24.8. The molecule has 1 N–H and O–H groups in total. The molecule has 0 spiro atoms. The first-order valence-electron chi connectivity index (χ1n) is 6.14. The first-order chi connectivity index (χ1) is 8.23. The fourth-order valence-corrected chi connectivity index (χ4v) is 1.87. The van der Waals surface area contributed by atoms with Crippen LogP contribution in [0.5, 0.6) is 0 Å². The summed E-state index contributed by atoms with van der Waals surface area (Å²) in [7, 11) is 0. The van der Waals surface area contributed by atoms with Gasteiger partial charge in [0.05, 0.1) is 6.04 Å². The van der Waals surface area contributed by atoms with Gasteiger partial charge in [0.25, 0.3) is 0 Å². The molecule has 102 valence electrons. The van der Waals surface area contributed by atoms with Crippen LogP contribution >= 0.6 is 0 Å². The summed E-state index contributed by atoms with van der Waals surface area (Å²) in [5.74, 6) is -0.000642. The van der Waals surface area contributed by atoms with Crippen molar-refractivity contribution in [2.75, 3.05) is 13.1 Å². The van der Waals surface area contributed by atoms with E-state index in [1.165, 1.54) is 6.08 Å². The molecule has 0 aromatic rings. The Kier molecular flexibility index (Phi) is 4.38. The number of rotatable bonds is 2. The molecule has 0 radical (unpaired) electrons. The molecular formula is C13H22N2O3. The summed E-state index contributed by atoms with van der Waals surface area (Å²) in [6.45, 7) is 12.0. The summed E-state index contributed by atoms with van der Waals surface area (Å²) in [5, 5.41) is 2.82. The second-order valence-electron chi connectivity index (χ2n) is 5.68. The Morgan fingerprint density at radius 3 is 2.50 bits per heavy atom. The number of carbonyl (C=O) groups excluding carboxylic acids is 2. The van der Waals surface area contributed by atoms with E-state index in [1.54, 1.807) is 4.90 Å². The van der Waals surface area contributed by atoms with E-state index >= 15 is 0 Å². The van der Waals surface area contributed by atoms with Crippen LogP contribution in [0.2, 0.25) is 0 Å². The van der Waals surface area contributed by atoms with Crippen LogP contribution in [0, 0.1) is 5.92 Å². The van der Waals surface area contributed by atoms with Gasteiger partial charge in [-0.05, 0) is 32.8 Å². The summed E-state index contributed by atoms with van der Waals surface area (Å²) in [5.41, 5.74) is -0.497. The van der Waals surface area contributed by atoms with E-state index in [2.05, 4.69) is 11.9 Å². The van der Waals surface area contributed by atoms with Crippen molar-refractivity contribution in [2.24, 2.45) is 5.92 Å². The van der Waals surface area contributed by atoms with Gasteiger partial charge in [0.2, 0.25) is 5.91 Å². The predicted molar refractivity (Wildman–Crippen MR) is 69.1 cm³/mol. The monoisotopic (exact) mass is 254 g/mol. The lowest BCUT2D eigenvalue weighted by atomic mass is 10.1. The van der Waals surface area contributed by atoms with Crippen LogP contribution in [0.3, 0.4) is 0 Å². The number of likely N-dealkylation sites (tertiary alicyclic amines) is 1. The van der Waals surface area contributed by atoms with Crippen LogP contribution in [-0.4, -0.2) is 41.6 Å². The first-order valence-corrected chi connectivity index (χ1v) is 6.14. The van der Waals surface area contributed by atoms with Crippen LogP contribution < -0.4 is 5.32 Å². The Morgan fingerprint density at radius 1 is 1.39 bits per heavy atom. The molecule has 1 aliphatic heterocycles. The number of nitrogens with zero attached hydrogens (tertiary/aromatic N) is 1. The minimum absolute atomic E-state index is 0.0389. The van der Waals surface area contributed by atoms with Crippen molar-refractivity contribution in [1.29, 1.82) is 0 Å². The lowest BCUT2D eigenvalue weighted by molar-refractivity contribution is -0.117. The van der Waals surface area contributed by atoms with Gasteiger partial charge in [-0.1, -0.05) is 13.5 Å². The van der Waals surface area contributed by atoms with E-state index in [4.69, 9.17) is 4.74 Å². The third-order valence-corrected chi connectivity index (χ3v) is 2.78. The van der Waals surface area contributed by atoms with Crippen LogP contribution in [0.25, 0.3) is 0 Å². The third-order valence-electron chi connectivity index (χ3n) is 2.78. The van der Waals surface area contributed by atoms with Gasteiger partial charge in [0.1, 0.15) is 5.60 Å². The normalized spacial score (nSPS) is 23.7. The third kappa shape index (κ3) is 4.05. The number of carbonyl (C=O) groups is 2. The maximum absolute atomic E-state index is 11.9. The maximum Gasteiger partial charge on any atom is 0.410 e. The molecule has 0 bridgehead atoms. The molecule has 0 aliphatic carbocycles. The highest BCUT2D eigenvalue weighted by atomic mass is 16.6. The molecule has 1 fully saturated rings. The highest BCUT2D eigenvalue weighted by Crippen LogP contribution is 2.19. The zero-order chi connectivity index (χ0) is 13.9. The van der Waals surface area contributed by atoms with E-state index in [0.717, 1.165) is 0 Å². The fourth-order valence-electron chi connectivity index (χ4n) is 1.87. The molecule has 5 nitrogen and oxygen atoms in total. The Labute approximate surface area is 108 Å². The van der Waals surface area contributed by atoms with Crippen LogP contribution in [0.4, 0.5) is 4.79 Å². The van der Waals surface area contributed by atoms with E-state index in [1.807, 2.05) is 27.7 Å². The molecule has 0 unspecified atom stereocenters. The highest BCUT2D eigenvalue weighted by Gasteiger charge is 2.35. The van der Waals surface area contributed by atoms with E-state index < -0.39 is 5.60 Å². The number of hydrogen-bond donors (Lipinski definition) is 1. The van der Waals surface area contributed by atoms with Gasteiger partial charge in [-0.15, -0.1) is 0 Å². The largest absolute Gasteiger partial charge is 0.444 e. The molecule has 1 heterocycles. The van der Waals surface area contributed by atoms with Gasteiger partial charge in [0, 0.05) is 13.1 Å². The van der Waals surface area contributed by atoms with Gasteiger partial charge in [-0.25, -0.2) is 4.79 Å². The second kappa shape index (κ2) is 5.42. The molecule has 0 saturated carbocycles.